The summed E-state index contributed by atoms with van der Waals surface area (Å²) >= 11 is 0. The number of benzene rings is 1. The maximum atomic E-state index is 10.6. The van der Waals surface area contributed by atoms with E-state index < -0.39 is 4.92 Å². The monoisotopic (exact) mass is 234 g/mol. The second kappa shape index (κ2) is 4.82. The highest BCUT2D eigenvalue weighted by molar-refractivity contribution is 5.78. The summed E-state index contributed by atoms with van der Waals surface area (Å²) in [4.78, 5) is 14.3. The highest BCUT2D eigenvalue weighted by Crippen LogP contribution is 2.18. The van der Waals surface area contributed by atoms with Crippen molar-refractivity contribution in [2.45, 2.75) is 25.4 Å². The average Bonchev–Trinajstić information content (AvgIpc) is 3.11. The molecule has 0 saturated heterocycles. The zero-order valence-electron chi connectivity index (χ0n) is 9.30. The molecule has 0 heterocycles. The molecule has 90 valence electrons. The SMILES string of the molecule is NC(=NCc1cccc([N+](=O)[O-])c1)NC1CC1. The van der Waals surface area contributed by atoms with Gasteiger partial charge < -0.3 is 11.1 Å². The molecule has 0 radical (unpaired) electrons. The molecular formula is C11H14N4O2. The minimum Gasteiger partial charge on any atom is -0.370 e. The smallest absolute Gasteiger partial charge is 0.269 e. The molecule has 3 N–H and O–H groups in total. The molecule has 2 rings (SSSR count). The first-order chi connectivity index (χ1) is 8.15. The summed E-state index contributed by atoms with van der Waals surface area (Å²) in [6.45, 7) is 0.354. The number of nitro benzene ring substituents is 1. The number of nitrogens with zero attached hydrogens (tertiary/aromatic N) is 2. The molecule has 0 unspecified atom stereocenters. The highest BCUT2D eigenvalue weighted by atomic mass is 16.6. The van der Waals surface area contributed by atoms with Crippen molar-refractivity contribution >= 4 is 11.6 Å². The van der Waals surface area contributed by atoms with Gasteiger partial charge in [0.05, 0.1) is 11.5 Å². The van der Waals surface area contributed by atoms with Gasteiger partial charge in [0.15, 0.2) is 5.96 Å². The van der Waals surface area contributed by atoms with E-state index in [0.29, 0.717) is 18.5 Å². The predicted octanol–water partition coefficient (Wildman–Crippen LogP) is 1.16. The summed E-state index contributed by atoms with van der Waals surface area (Å²) in [7, 11) is 0. The van der Waals surface area contributed by atoms with Crippen LogP contribution < -0.4 is 11.1 Å². The van der Waals surface area contributed by atoms with Crippen LogP contribution in [0, 0.1) is 10.1 Å². The number of nitrogens with one attached hydrogen (secondary N) is 1. The summed E-state index contributed by atoms with van der Waals surface area (Å²) in [5, 5.41) is 13.6. The van der Waals surface area contributed by atoms with Gasteiger partial charge in [0.25, 0.3) is 5.69 Å². The zero-order valence-corrected chi connectivity index (χ0v) is 9.30. The first kappa shape index (κ1) is 11.4. The third-order valence-corrected chi connectivity index (χ3v) is 2.48. The molecule has 1 aromatic rings. The molecule has 0 aliphatic heterocycles. The van der Waals surface area contributed by atoms with E-state index in [4.69, 9.17) is 5.73 Å². The third kappa shape index (κ3) is 3.44. The van der Waals surface area contributed by atoms with Crippen molar-refractivity contribution in [3.8, 4) is 0 Å². The number of rotatable bonds is 4. The van der Waals surface area contributed by atoms with Crippen LogP contribution in [0.15, 0.2) is 29.3 Å². The van der Waals surface area contributed by atoms with Gasteiger partial charge in [0.1, 0.15) is 0 Å². The molecule has 17 heavy (non-hydrogen) atoms. The third-order valence-electron chi connectivity index (χ3n) is 2.48. The minimum absolute atomic E-state index is 0.0754. The second-order valence-corrected chi connectivity index (χ2v) is 4.05. The van der Waals surface area contributed by atoms with Crippen LogP contribution in [0.2, 0.25) is 0 Å². The molecule has 1 fully saturated rings. The fraction of sp³-hybridized carbons (Fsp3) is 0.364. The van der Waals surface area contributed by atoms with Crippen LogP contribution in [0.3, 0.4) is 0 Å². The number of guanidine groups is 1. The molecule has 1 aliphatic carbocycles. The molecule has 6 heteroatoms. The van der Waals surface area contributed by atoms with Crippen LogP contribution >= 0.6 is 0 Å². The molecule has 6 nitrogen and oxygen atoms in total. The summed E-state index contributed by atoms with van der Waals surface area (Å²) in [5.74, 6) is 0.402. The van der Waals surface area contributed by atoms with Gasteiger partial charge in [0.2, 0.25) is 0 Å². The van der Waals surface area contributed by atoms with Crippen LogP contribution in [0.1, 0.15) is 18.4 Å². The van der Waals surface area contributed by atoms with E-state index in [-0.39, 0.29) is 5.69 Å². The molecule has 1 aliphatic rings. The van der Waals surface area contributed by atoms with Crippen LogP contribution in [-0.2, 0) is 6.54 Å². The Morgan fingerprint density at radius 1 is 1.59 bits per heavy atom. The molecule has 0 bridgehead atoms. The molecule has 0 aromatic heterocycles. The van der Waals surface area contributed by atoms with Crippen LogP contribution in [0.5, 0.6) is 0 Å². The van der Waals surface area contributed by atoms with Gasteiger partial charge in [-0.25, -0.2) is 4.99 Å². The Morgan fingerprint density at radius 3 is 3.00 bits per heavy atom. The molecule has 1 aromatic carbocycles. The first-order valence-electron chi connectivity index (χ1n) is 5.45. The first-order valence-corrected chi connectivity index (χ1v) is 5.45. The second-order valence-electron chi connectivity index (χ2n) is 4.05. The molecule has 0 amide bonds. The van der Waals surface area contributed by atoms with E-state index in [2.05, 4.69) is 10.3 Å². The molecule has 0 atom stereocenters. The fourth-order valence-corrected chi connectivity index (χ4v) is 1.43. The lowest BCUT2D eigenvalue weighted by Crippen LogP contribution is -2.33. The summed E-state index contributed by atoms with van der Waals surface area (Å²) in [6.07, 6.45) is 2.26. The molecule has 1 saturated carbocycles. The van der Waals surface area contributed by atoms with Crippen molar-refractivity contribution in [1.82, 2.24) is 5.32 Å². The maximum Gasteiger partial charge on any atom is 0.269 e. The Labute approximate surface area is 98.7 Å². The lowest BCUT2D eigenvalue weighted by Gasteiger charge is -2.03. The van der Waals surface area contributed by atoms with Crippen molar-refractivity contribution in [3.63, 3.8) is 0 Å². The van der Waals surface area contributed by atoms with Crippen molar-refractivity contribution in [3.05, 3.63) is 39.9 Å². The predicted molar refractivity (Wildman–Crippen MR) is 64.6 cm³/mol. The van der Waals surface area contributed by atoms with Gasteiger partial charge >= 0.3 is 0 Å². The lowest BCUT2D eigenvalue weighted by atomic mass is 10.2. The van der Waals surface area contributed by atoms with E-state index in [1.54, 1.807) is 12.1 Å². The van der Waals surface area contributed by atoms with Crippen molar-refractivity contribution < 1.29 is 4.92 Å². The van der Waals surface area contributed by atoms with E-state index in [9.17, 15) is 10.1 Å². The average molecular weight is 234 g/mol. The summed E-state index contributed by atoms with van der Waals surface area (Å²) in [6, 6.07) is 6.87. The number of hydrogen-bond acceptors (Lipinski definition) is 3. The van der Waals surface area contributed by atoms with Crippen LogP contribution in [0.4, 0.5) is 5.69 Å². The number of aliphatic imine (C=N–C) groups is 1. The van der Waals surface area contributed by atoms with Gasteiger partial charge in [-0.15, -0.1) is 0 Å². The highest BCUT2D eigenvalue weighted by Gasteiger charge is 2.21. The van der Waals surface area contributed by atoms with Gasteiger partial charge in [-0.3, -0.25) is 10.1 Å². The van der Waals surface area contributed by atoms with Crippen molar-refractivity contribution in [2.75, 3.05) is 0 Å². The van der Waals surface area contributed by atoms with E-state index in [1.165, 1.54) is 12.1 Å². The van der Waals surface area contributed by atoms with E-state index in [0.717, 1.165) is 18.4 Å². The zero-order chi connectivity index (χ0) is 12.3. The van der Waals surface area contributed by atoms with Crippen LogP contribution in [-0.4, -0.2) is 16.9 Å². The normalized spacial score (nSPS) is 15.6. The number of nitro groups is 1. The number of nitrogens with two attached hydrogens (primary N) is 1. The topological polar surface area (TPSA) is 93.5 Å². The standard InChI is InChI=1S/C11H14N4O2/c12-11(14-9-4-5-9)13-7-8-2-1-3-10(6-8)15(16)17/h1-3,6,9H,4-5,7H2,(H3,12,13,14). The van der Waals surface area contributed by atoms with E-state index >= 15 is 0 Å². The van der Waals surface area contributed by atoms with Crippen LogP contribution in [0.25, 0.3) is 0 Å². The Bertz CT molecular complexity index is 455. The summed E-state index contributed by atoms with van der Waals surface area (Å²) < 4.78 is 0. The Kier molecular flexibility index (Phi) is 3.22. The fourth-order valence-electron chi connectivity index (χ4n) is 1.43. The number of hydrogen-bond donors (Lipinski definition) is 2. The molecular weight excluding hydrogens is 220 g/mol. The Balaban J connectivity index is 1.97. The Hall–Kier alpha value is -2.11. The minimum atomic E-state index is -0.418. The van der Waals surface area contributed by atoms with Gasteiger partial charge in [-0.05, 0) is 18.4 Å². The Morgan fingerprint density at radius 2 is 2.35 bits per heavy atom. The molecule has 0 spiro atoms. The van der Waals surface area contributed by atoms with Crippen molar-refractivity contribution in [2.24, 2.45) is 10.7 Å². The van der Waals surface area contributed by atoms with E-state index in [1.807, 2.05) is 0 Å². The van der Waals surface area contributed by atoms with Gasteiger partial charge in [0, 0.05) is 18.2 Å². The maximum absolute atomic E-state index is 10.6. The van der Waals surface area contributed by atoms with Gasteiger partial charge in [-0.1, -0.05) is 12.1 Å². The van der Waals surface area contributed by atoms with Gasteiger partial charge in [-0.2, -0.15) is 0 Å². The summed E-state index contributed by atoms with van der Waals surface area (Å²) in [5.41, 5.74) is 6.52. The largest absolute Gasteiger partial charge is 0.370 e. The lowest BCUT2D eigenvalue weighted by molar-refractivity contribution is -0.384. The quantitative estimate of drug-likeness (QED) is 0.354. The van der Waals surface area contributed by atoms with Crippen molar-refractivity contribution in [1.29, 1.82) is 0 Å². The number of non-ortho nitro benzene ring substituents is 1.